The highest BCUT2D eigenvalue weighted by molar-refractivity contribution is 7.92. The van der Waals surface area contributed by atoms with E-state index in [2.05, 4.69) is 15.4 Å². The number of halogens is 1. The minimum Gasteiger partial charge on any atom is -0.347 e. The van der Waals surface area contributed by atoms with Gasteiger partial charge in [0.15, 0.2) is 0 Å². The molecule has 0 bridgehead atoms. The van der Waals surface area contributed by atoms with E-state index in [-0.39, 0.29) is 27.0 Å². The van der Waals surface area contributed by atoms with Crippen molar-refractivity contribution in [1.82, 2.24) is 5.32 Å². The monoisotopic (exact) mass is 499 g/mol. The van der Waals surface area contributed by atoms with Crippen LogP contribution in [0.2, 0.25) is 5.02 Å². The fourth-order valence-corrected chi connectivity index (χ4v) is 4.79. The Bertz CT molecular complexity index is 1350. The largest absolute Gasteiger partial charge is 0.347 e. The van der Waals surface area contributed by atoms with Crippen LogP contribution in [-0.4, -0.2) is 25.8 Å². The smallest absolute Gasteiger partial charge is 0.263 e. The highest BCUT2D eigenvalue weighted by Crippen LogP contribution is 2.27. The quantitative estimate of drug-likeness (QED) is 0.432. The van der Waals surface area contributed by atoms with Crippen LogP contribution in [0.3, 0.4) is 0 Å². The zero-order chi connectivity index (χ0) is 25.1. The number of sulfonamides is 1. The first kappa shape index (κ1) is 25.3. The highest BCUT2D eigenvalue weighted by Gasteiger charge is 2.23. The zero-order valence-corrected chi connectivity index (χ0v) is 20.8. The third-order valence-corrected chi connectivity index (χ3v) is 6.63. The fourth-order valence-electron chi connectivity index (χ4n) is 3.13. The fraction of sp³-hybridized carbons (Fsp3) is 0.200. The van der Waals surface area contributed by atoms with Crippen LogP contribution in [0.15, 0.2) is 71.6 Å². The molecule has 3 aromatic rings. The summed E-state index contributed by atoms with van der Waals surface area (Å²) in [5.41, 5.74) is 1.34. The lowest BCUT2D eigenvalue weighted by Crippen LogP contribution is -2.40. The third-order valence-electron chi connectivity index (χ3n) is 4.78. The van der Waals surface area contributed by atoms with Gasteiger partial charge in [0.25, 0.3) is 21.8 Å². The van der Waals surface area contributed by atoms with Gasteiger partial charge in [0.2, 0.25) is 0 Å². The van der Waals surface area contributed by atoms with Crippen molar-refractivity contribution in [1.29, 1.82) is 0 Å². The molecule has 0 heterocycles. The summed E-state index contributed by atoms with van der Waals surface area (Å²) in [5.74, 6) is -0.926. The Kier molecular flexibility index (Phi) is 7.33. The molecule has 3 aromatic carbocycles. The molecule has 0 atom stereocenters. The number of carbonyl (C=O) groups excluding carboxylic acids is 2. The molecule has 0 fully saturated rings. The first-order valence-electron chi connectivity index (χ1n) is 10.5. The lowest BCUT2D eigenvalue weighted by atomic mass is 10.1. The van der Waals surface area contributed by atoms with Crippen LogP contribution in [0.5, 0.6) is 0 Å². The van der Waals surface area contributed by atoms with Gasteiger partial charge in [-0.2, -0.15) is 0 Å². The van der Waals surface area contributed by atoms with Gasteiger partial charge in [0.05, 0.1) is 22.0 Å². The lowest BCUT2D eigenvalue weighted by Gasteiger charge is -2.21. The van der Waals surface area contributed by atoms with Gasteiger partial charge >= 0.3 is 0 Å². The van der Waals surface area contributed by atoms with Gasteiger partial charge in [0.1, 0.15) is 4.90 Å². The normalized spacial score (nSPS) is 11.6. The predicted octanol–water partition coefficient (Wildman–Crippen LogP) is 5.23. The molecule has 7 nitrogen and oxygen atoms in total. The number of benzene rings is 3. The Hall–Kier alpha value is -3.36. The maximum absolute atomic E-state index is 13.0. The number of nitrogens with one attached hydrogen (secondary N) is 3. The standard InChI is InChI=1S/C25H26ClN3O4S/c1-16-9-5-7-11-20(16)29-34(32,33)22-15-17(13-14-19(22)26)23(30)27-21-12-8-6-10-18(21)24(31)28-25(2,3)4/h5-15,29H,1-4H3,(H,27,30)(H,28,31). The van der Waals surface area contributed by atoms with E-state index < -0.39 is 21.5 Å². The maximum atomic E-state index is 13.0. The molecule has 0 radical (unpaired) electrons. The van der Waals surface area contributed by atoms with Gasteiger partial charge in [-0.3, -0.25) is 14.3 Å². The number of anilines is 2. The van der Waals surface area contributed by atoms with Crippen LogP contribution in [0.4, 0.5) is 11.4 Å². The minimum absolute atomic E-state index is 0.0254. The van der Waals surface area contributed by atoms with Gasteiger partial charge < -0.3 is 10.6 Å². The van der Waals surface area contributed by atoms with Crippen molar-refractivity contribution in [2.24, 2.45) is 0 Å². The Morgan fingerprint density at radius 1 is 0.853 bits per heavy atom. The summed E-state index contributed by atoms with van der Waals surface area (Å²) >= 11 is 6.18. The molecule has 0 aromatic heterocycles. The van der Waals surface area contributed by atoms with E-state index in [0.717, 1.165) is 5.56 Å². The van der Waals surface area contributed by atoms with Crippen LogP contribution < -0.4 is 15.4 Å². The second-order valence-electron chi connectivity index (χ2n) is 8.77. The Morgan fingerprint density at radius 3 is 2.12 bits per heavy atom. The summed E-state index contributed by atoms with van der Waals surface area (Å²) in [7, 11) is -4.06. The number of hydrogen-bond donors (Lipinski definition) is 3. The molecule has 2 amide bonds. The van der Waals surface area contributed by atoms with Crippen LogP contribution in [0, 0.1) is 6.92 Å². The van der Waals surface area contributed by atoms with Crippen molar-refractivity contribution in [3.8, 4) is 0 Å². The number of rotatable bonds is 6. The van der Waals surface area contributed by atoms with Gasteiger partial charge in [-0.1, -0.05) is 41.9 Å². The summed E-state index contributed by atoms with van der Waals surface area (Å²) < 4.78 is 28.5. The molecule has 0 aliphatic heterocycles. The highest BCUT2D eigenvalue weighted by atomic mass is 35.5. The Morgan fingerprint density at radius 2 is 1.47 bits per heavy atom. The average molecular weight is 500 g/mol. The lowest BCUT2D eigenvalue weighted by molar-refractivity contribution is 0.0920. The van der Waals surface area contributed by atoms with E-state index in [1.807, 2.05) is 20.8 Å². The molecule has 0 saturated carbocycles. The van der Waals surface area contributed by atoms with Crippen LogP contribution in [-0.2, 0) is 10.0 Å². The Balaban J connectivity index is 1.89. The molecule has 0 spiro atoms. The van der Waals surface area contributed by atoms with Crippen LogP contribution in [0.1, 0.15) is 47.1 Å². The number of amides is 2. The van der Waals surface area contributed by atoms with Gasteiger partial charge in [-0.15, -0.1) is 0 Å². The second-order valence-corrected chi connectivity index (χ2v) is 10.8. The van der Waals surface area contributed by atoms with E-state index in [4.69, 9.17) is 11.6 Å². The molecule has 0 saturated heterocycles. The average Bonchev–Trinajstić information content (AvgIpc) is 2.74. The van der Waals surface area contributed by atoms with E-state index in [9.17, 15) is 18.0 Å². The van der Waals surface area contributed by atoms with E-state index in [1.165, 1.54) is 18.2 Å². The summed E-state index contributed by atoms with van der Waals surface area (Å²) in [6, 6.07) is 17.5. The molecular formula is C25H26ClN3O4S. The van der Waals surface area contributed by atoms with Gasteiger partial charge in [0, 0.05) is 11.1 Å². The van der Waals surface area contributed by atoms with Gasteiger partial charge in [-0.05, 0) is 69.7 Å². The van der Waals surface area contributed by atoms with E-state index in [0.29, 0.717) is 11.4 Å². The van der Waals surface area contributed by atoms with Gasteiger partial charge in [-0.25, -0.2) is 8.42 Å². The summed E-state index contributed by atoms with van der Waals surface area (Å²) in [4.78, 5) is 25.4. The van der Waals surface area contributed by atoms with E-state index >= 15 is 0 Å². The number of para-hydroxylation sites is 2. The number of aryl methyl sites for hydroxylation is 1. The SMILES string of the molecule is Cc1ccccc1NS(=O)(=O)c1cc(C(=O)Nc2ccccc2C(=O)NC(C)(C)C)ccc1Cl. The van der Waals surface area contributed by atoms with E-state index in [1.54, 1.807) is 55.5 Å². The summed E-state index contributed by atoms with van der Waals surface area (Å²) in [6.07, 6.45) is 0. The number of carbonyl (C=O) groups is 2. The molecule has 0 unspecified atom stereocenters. The summed E-state index contributed by atoms with van der Waals surface area (Å²) in [5, 5.41) is 5.52. The van der Waals surface area contributed by atoms with Crippen molar-refractivity contribution in [3.63, 3.8) is 0 Å². The molecule has 34 heavy (non-hydrogen) atoms. The van der Waals surface area contributed by atoms with Crippen molar-refractivity contribution in [3.05, 3.63) is 88.4 Å². The van der Waals surface area contributed by atoms with Crippen molar-refractivity contribution in [2.75, 3.05) is 10.0 Å². The van der Waals surface area contributed by atoms with Crippen molar-refractivity contribution < 1.29 is 18.0 Å². The molecular weight excluding hydrogens is 474 g/mol. The topological polar surface area (TPSA) is 104 Å². The van der Waals surface area contributed by atoms with Crippen molar-refractivity contribution in [2.45, 2.75) is 38.1 Å². The molecule has 178 valence electrons. The number of hydrogen-bond acceptors (Lipinski definition) is 4. The predicted molar refractivity (Wildman–Crippen MR) is 135 cm³/mol. The third kappa shape index (κ3) is 6.15. The molecule has 0 aliphatic rings. The maximum Gasteiger partial charge on any atom is 0.263 e. The Labute approximate surface area is 204 Å². The molecule has 3 rings (SSSR count). The second kappa shape index (κ2) is 9.87. The minimum atomic E-state index is -4.06. The van der Waals surface area contributed by atoms with Crippen LogP contribution in [0.25, 0.3) is 0 Å². The van der Waals surface area contributed by atoms with Crippen LogP contribution >= 0.6 is 11.6 Å². The summed E-state index contributed by atoms with van der Waals surface area (Å²) in [6.45, 7) is 7.34. The van der Waals surface area contributed by atoms with Crippen molar-refractivity contribution >= 4 is 44.8 Å². The molecule has 9 heteroatoms. The zero-order valence-electron chi connectivity index (χ0n) is 19.3. The first-order valence-corrected chi connectivity index (χ1v) is 12.3. The molecule has 0 aliphatic carbocycles. The molecule has 3 N–H and O–H groups in total. The first-order chi connectivity index (χ1) is 15.9.